The molecule has 4 heteroatoms. The van der Waals surface area contributed by atoms with Crippen LogP contribution in [0, 0.1) is 6.92 Å². The third-order valence-electron chi connectivity index (χ3n) is 2.83. The smallest absolute Gasteiger partial charge is 0.176 e. The summed E-state index contributed by atoms with van der Waals surface area (Å²) in [5.41, 5.74) is 3.14. The Balaban J connectivity index is 1.95. The van der Waals surface area contributed by atoms with E-state index >= 15 is 0 Å². The summed E-state index contributed by atoms with van der Waals surface area (Å²) in [6.45, 7) is 3.24. The van der Waals surface area contributed by atoms with Gasteiger partial charge in [-0.05, 0) is 53.0 Å². The highest BCUT2D eigenvalue weighted by molar-refractivity contribution is 9.11. The molecule has 2 aromatic rings. The van der Waals surface area contributed by atoms with Gasteiger partial charge in [-0.25, -0.2) is 0 Å². The summed E-state index contributed by atoms with van der Waals surface area (Å²) < 4.78 is 1.13. The molecule has 0 amide bonds. The summed E-state index contributed by atoms with van der Waals surface area (Å²) in [7, 11) is 1.97. The lowest BCUT2D eigenvalue weighted by molar-refractivity contribution is 0.0943. The number of nitrogens with zero attached hydrogens (tertiary/aromatic N) is 1. The summed E-state index contributed by atoms with van der Waals surface area (Å²) in [6, 6.07) is 9.85. The molecule has 1 heterocycles. The average Bonchev–Trinajstić information content (AvgIpc) is 2.74. The molecule has 0 unspecified atom stereocenters. The Morgan fingerprint density at radius 2 is 2.16 bits per heavy atom. The van der Waals surface area contributed by atoms with Gasteiger partial charge in [0.05, 0.1) is 10.3 Å². The molecule has 0 aliphatic carbocycles. The van der Waals surface area contributed by atoms with Gasteiger partial charge in [0.1, 0.15) is 0 Å². The molecule has 0 N–H and O–H groups in total. The van der Waals surface area contributed by atoms with E-state index in [0.29, 0.717) is 6.54 Å². The minimum atomic E-state index is 0.167. The van der Waals surface area contributed by atoms with Crippen molar-refractivity contribution in [1.82, 2.24) is 4.90 Å². The zero-order chi connectivity index (χ0) is 13.8. The number of benzene rings is 1. The van der Waals surface area contributed by atoms with E-state index in [4.69, 9.17) is 0 Å². The fraction of sp³-hybridized carbons (Fsp3) is 0.267. The number of hydrogen-bond acceptors (Lipinski definition) is 3. The topological polar surface area (TPSA) is 20.3 Å². The maximum atomic E-state index is 12.2. The molecule has 0 saturated carbocycles. The van der Waals surface area contributed by atoms with Crippen molar-refractivity contribution in [2.24, 2.45) is 0 Å². The second kappa shape index (κ2) is 6.46. The molecule has 0 atom stereocenters. The van der Waals surface area contributed by atoms with Crippen LogP contribution in [0.15, 0.2) is 39.5 Å². The molecule has 19 heavy (non-hydrogen) atoms. The number of hydrogen-bond donors (Lipinski definition) is 0. The molecule has 0 bridgehead atoms. The number of carbonyl (C=O) groups excluding carboxylic acids is 1. The molecule has 2 nitrogen and oxygen atoms in total. The van der Waals surface area contributed by atoms with E-state index in [0.717, 1.165) is 21.5 Å². The summed E-state index contributed by atoms with van der Waals surface area (Å²) in [6.07, 6.45) is 0. The quantitative estimate of drug-likeness (QED) is 0.764. The number of carbonyl (C=O) groups is 1. The van der Waals surface area contributed by atoms with E-state index in [2.05, 4.69) is 27.4 Å². The Morgan fingerprint density at radius 1 is 1.37 bits per heavy atom. The van der Waals surface area contributed by atoms with Gasteiger partial charge in [-0.1, -0.05) is 23.8 Å². The molecule has 1 aromatic heterocycles. The van der Waals surface area contributed by atoms with Crippen LogP contribution in [0.3, 0.4) is 0 Å². The van der Waals surface area contributed by atoms with E-state index in [1.54, 1.807) is 11.3 Å². The van der Waals surface area contributed by atoms with Crippen LogP contribution < -0.4 is 0 Å². The standard InChI is InChI=1S/C15H16BrNOS/c1-11-4-3-5-13(6-11)14(18)9-17(2)8-12-7-15(16)19-10-12/h3-7,10H,8-9H2,1-2H3. The number of ketones is 1. The van der Waals surface area contributed by atoms with E-state index < -0.39 is 0 Å². The Hall–Kier alpha value is -0.970. The first-order valence-corrected chi connectivity index (χ1v) is 7.73. The van der Waals surface area contributed by atoms with Crippen molar-refractivity contribution >= 4 is 33.0 Å². The zero-order valence-electron chi connectivity index (χ0n) is 11.0. The normalized spacial score (nSPS) is 10.9. The molecule has 100 valence electrons. The van der Waals surface area contributed by atoms with Crippen molar-refractivity contribution in [2.75, 3.05) is 13.6 Å². The van der Waals surface area contributed by atoms with Crippen molar-refractivity contribution in [3.8, 4) is 0 Å². The number of aryl methyl sites for hydroxylation is 1. The summed E-state index contributed by atoms with van der Waals surface area (Å²) in [5.74, 6) is 0.167. The predicted octanol–water partition coefficient (Wildman–Crippen LogP) is 4.13. The van der Waals surface area contributed by atoms with Crippen LogP contribution in [-0.2, 0) is 6.54 Å². The predicted molar refractivity (Wildman–Crippen MR) is 83.9 cm³/mol. The first kappa shape index (κ1) is 14.4. The molecular weight excluding hydrogens is 322 g/mol. The molecule has 0 saturated heterocycles. The third kappa shape index (κ3) is 4.27. The van der Waals surface area contributed by atoms with Gasteiger partial charge in [0.15, 0.2) is 5.78 Å². The molecule has 0 aliphatic rings. The van der Waals surface area contributed by atoms with Crippen molar-refractivity contribution in [2.45, 2.75) is 13.5 Å². The fourth-order valence-corrected chi connectivity index (χ4v) is 3.15. The third-order valence-corrected chi connectivity index (χ3v) is 4.38. The largest absolute Gasteiger partial charge is 0.295 e. The lowest BCUT2D eigenvalue weighted by Gasteiger charge is -2.15. The van der Waals surface area contributed by atoms with E-state index in [-0.39, 0.29) is 5.78 Å². The Morgan fingerprint density at radius 3 is 2.79 bits per heavy atom. The molecule has 0 aliphatic heterocycles. The number of rotatable bonds is 5. The van der Waals surface area contributed by atoms with Gasteiger partial charge in [0.25, 0.3) is 0 Å². The Bertz CT molecular complexity index is 579. The monoisotopic (exact) mass is 337 g/mol. The molecule has 2 rings (SSSR count). The van der Waals surface area contributed by atoms with E-state index in [1.807, 2.05) is 43.1 Å². The van der Waals surface area contributed by atoms with Crippen molar-refractivity contribution in [3.05, 3.63) is 56.2 Å². The lowest BCUT2D eigenvalue weighted by atomic mass is 10.1. The SMILES string of the molecule is Cc1cccc(C(=O)CN(C)Cc2csc(Br)c2)c1. The van der Waals surface area contributed by atoms with Crippen LogP contribution in [-0.4, -0.2) is 24.3 Å². The Labute approximate surface area is 126 Å². The van der Waals surface area contributed by atoms with Gasteiger partial charge < -0.3 is 0 Å². The molecular formula is C15H16BrNOS. The first-order valence-electron chi connectivity index (χ1n) is 6.06. The van der Waals surface area contributed by atoms with Crippen LogP contribution >= 0.6 is 27.3 Å². The van der Waals surface area contributed by atoms with E-state index in [1.165, 1.54) is 5.56 Å². The second-order valence-corrected chi connectivity index (χ2v) is 7.01. The molecule has 0 spiro atoms. The minimum absolute atomic E-state index is 0.167. The highest BCUT2D eigenvalue weighted by atomic mass is 79.9. The fourth-order valence-electron chi connectivity index (χ4n) is 1.95. The van der Waals surface area contributed by atoms with Crippen LogP contribution in [0.1, 0.15) is 21.5 Å². The molecule has 0 radical (unpaired) electrons. The average molecular weight is 338 g/mol. The van der Waals surface area contributed by atoms with Crippen molar-refractivity contribution in [3.63, 3.8) is 0 Å². The highest BCUT2D eigenvalue weighted by Gasteiger charge is 2.10. The van der Waals surface area contributed by atoms with Crippen molar-refractivity contribution in [1.29, 1.82) is 0 Å². The van der Waals surface area contributed by atoms with Gasteiger partial charge in [-0.2, -0.15) is 0 Å². The zero-order valence-corrected chi connectivity index (χ0v) is 13.4. The van der Waals surface area contributed by atoms with Crippen LogP contribution in [0.5, 0.6) is 0 Å². The summed E-state index contributed by atoms with van der Waals surface area (Å²) >= 11 is 5.12. The second-order valence-electron chi connectivity index (χ2n) is 4.72. The maximum absolute atomic E-state index is 12.2. The van der Waals surface area contributed by atoms with Gasteiger partial charge >= 0.3 is 0 Å². The number of Topliss-reactive ketones (excluding diaryl/α,β-unsaturated/α-hetero) is 1. The summed E-state index contributed by atoms with van der Waals surface area (Å²) in [5, 5.41) is 2.11. The highest BCUT2D eigenvalue weighted by Crippen LogP contribution is 2.21. The van der Waals surface area contributed by atoms with E-state index in [9.17, 15) is 4.79 Å². The van der Waals surface area contributed by atoms with Gasteiger partial charge in [0.2, 0.25) is 0 Å². The first-order chi connectivity index (χ1) is 9.04. The lowest BCUT2D eigenvalue weighted by Crippen LogP contribution is -2.25. The van der Waals surface area contributed by atoms with Gasteiger partial charge in [-0.15, -0.1) is 11.3 Å². The number of halogens is 1. The number of likely N-dealkylation sites (N-methyl/N-ethyl adjacent to an activating group) is 1. The maximum Gasteiger partial charge on any atom is 0.176 e. The van der Waals surface area contributed by atoms with Gasteiger partial charge in [0, 0.05) is 12.1 Å². The van der Waals surface area contributed by atoms with Crippen molar-refractivity contribution < 1.29 is 4.79 Å². The van der Waals surface area contributed by atoms with Crippen LogP contribution in [0.2, 0.25) is 0 Å². The number of thiophene rings is 1. The molecule has 0 fully saturated rings. The van der Waals surface area contributed by atoms with Crippen LogP contribution in [0.4, 0.5) is 0 Å². The minimum Gasteiger partial charge on any atom is -0.295 e. The Kier molecular flexibility index (Phi) is 4.91. The summed E-state index contributed by atoms with van der Waals surface area (Å²) in [4.78, 5) is 14.2. The molecule has 1 aromatic carbocycles. The van der Waals surface area contributed by atoms with Gasteiger partial charge in [-0.3, -0.25) is 9.69 Å². The van der Waals surface area contributed by atoms with Crippen LogP contribution in [0.25, 0.3) is 0 Å².